The minimum Gasteiger partial charge on any atom is -1.00 e. The van der Waals surface area contributed by atoms with Crippen molar-refractivity contribution in [3.05, 3.63) is 109 Å². The molecule has 2 fully saturated rings. The van der Waals surface area contributed by atoms with Gasteiger partial charge in [0.2, 0.25) is 0 Å². The monoisotopic (exact) mass is 634 g/mol. The van der Waals surface area contributed by atoms with Crippen LogP contribution in [0, 0.1) is 0 Å². The summed E-state index contributed by atoms with van der Waals surface area (Å²) in [5.74, 6) is 0. The molecule has 2 aromatic carbocycles. The maximum absolute atomic E-state index is 2.48. The fourth-order valence-corrected chi connectivity index (χ4v) is 5.60. The van der Waals surface area contributed by atoms with Crippen LogP contribution in [0.2, 0.25) is 0 Å². The van der Waals surface area contributed by atoms with E-state index in [1.165, 1.54) is 85.5 Å². The molecule has 38 heavy (non-hydrogen) atoms. The van der Waals surface area contributed by atoms with Crippen molar-refractivity contribution in [3.8, 4) is 11.1 Å². The summed E-state index contributed by atoms with van der Waals surface area (Å²) in [4.78, 5) is 4.97. The number of pyridine rings is 2. The quantitative estimate of drug-likeness (QED) is 0.248. The van der Waals surface area contributed by atoms with Crippen LogP contribution in [0.15, 0.2) is 97.6 Å². The Balaban J connectivity index is 0.00000168. The lowest BCUT2D eigenvalue weighted by Gasteiger charge is -2.16. The van der Waals surface area contributed by atoms with Gasteiger partial charge in [0.15, 0.2) is 37.9 Å². The first-order valence-corrected chi connectivity index (χ1v) is 13.5. The van der Waals surface area contributed by atoms with Crippen LogP contribution in [-0.4, -0.2) is 26.2 Å². The first kappa shape index (κ1) is 28.3. The van der Waals surface area contributed by atoms with Gasteiger partial charge in [-0.15, -0.1) is 0 Å². The highest BCUT2D eigenvalue weighted by Crippen LogP contribution is 2.23. The number of hydrogen-bond acceptors (Lipinski definition) is 2. The largest absolute Gasteiger partial charge is 1.00 e. The Morgan fingerprint density at radius 3 is 1.24 bits per heavy atom. The molecule has 2 aliphatic rings. The van der Waals surface area contributed by atoms with Crippen molar-refractivity contribution < 1.29 is 43.1 Å². The molecule has 0 atom stereocenters. The summed E-state index contributed by atoms with van der Waals surface area (Å²) in [5, 5.41) is 0. The van der Waals surface area contributed by atoms with Crippen molar-refractivity contribution in [1.82, 2.24) is 0 Å². The molecule has 6 rings (SSSR count). The van der Waals surface area contributed by atoms with Gasteiger partial charge in [-0.3, -0.25) is 0 Å². The molecule has 2 aliphatic heterocycles. The molecule has 198 valence electrons. The van der Waals surface area contributed by atoms with E-state index in [2.05, 4.69) is 117 Å². The minimum atomic E-state index is 0. The van der Waals surface area contributed by atoms with Crippen LogP contribution >= 0.6 is 0 Å². The second kappa shape index (κ2) is 13.4. The molecule has 4 nitrogen and oxygen atoms in total. The highest BCUT2D eigenvalue weighted by Gasteiger charge is 2.15. The second-order valence-electron chi connectivity index (χ2n) is 10.2. The molecular weight excluding hydrogens is 600 g/mol. The van der Waals surface area contributed by atoms with Crippen LogP contribution in [0.1, 0.15) is 36.8 Å². The fraction of sp³-hybridized carbons (Fsp3) is 0.312. The van der Waals surface area contributed by atoms with Crippen LogP contribution in [0.25, 0.3) is 11.1 Å². The van der Waals surface area contributed by atoms with Crippen LogP contribution in [0.5, 0.6) is 0 Å². The molecule has 2 aromatic heterocycles. The van der Waals surface area contributed by atoms with E-state index in [1.807, 2.05) is 0 Å². The van der Waals surface area contributed by atoms with E-state index >= 15 is 0 Å². The van der Waals surface area contributed by atoms with E-state index in [-0.39, 0.29) is 34.0 Å². The third-order valence-electron chi connectivity index (χ3n) is 7.61. The molecule has 0 unspecified atom stereocenters. The predicted octanol–water partition coefficient (Wildman–Crippen LogP) is -0.766. The Labute approximate surface area is 248 Å². The minimum absolute atomic E-state index is 0. The average Bonchev–Trinajstić information content (AvgIpc) is 3.65. The lowest BCUT2D eigenvalue weighted by Crippen LogP contribution is -3.00. The van der Waals surface area contributed by atoms with E-state index in [0.29, 0.717) is 0 Å². The first-order chi connectivity index (χ1) is 17.8. The Kier molecular flexibility index (Phi) is 9.97. The van der Waals surface area contributed by atoms with E-state index < -0.39 is 0 Å². The van der Waals surface area contributed by atoms with Crippen molar-refractivity contribution in [2.45, 2.75) is 38.8 Å². The molecular formula is C32H36Br2N4. The highest BCUT2D eigenvalue weighted by atomic mass is 79.9. The number of anilines is 2. The number of hydrogen-bond donors (Lipinski definition) is 0. The van der Waals surface area contributed by atoms with Gasteiger partial charge in [-0.05, 0) is 48.9 Å². The SMILES string of the molecule is [Br-].[Br-].c1cc(C[n+]2ccc(N3CCCC3)cc2)cc(-c2cccc(C[n+]3ccc(N4CCCC4)cc3)c2)c1. The van der Waals surface area contributed by atoms with Crippen molar-refractivity contribution in [3.63, 3.8) is 0 Å². The van der Waals surface area contributed by atoms with Gasteiger partial charge in [-0.2, -0.15) is 0 Å². The van der Waals surface area contributed by atoms with Crippen LogP contribution in [0.3, 0.4) is 0 Å². The molecule has 0 bridgehead atoms. The van der Waals surface area contributed by atoms with Gasteiger partial charge in [-0.1, -0.05) is 36.4 Å². The average molecular weight is 636 g/mol. The number of nitrogens with zero attached hydrogens (tertiary/aromatic N) is 4. The second-order valence-corrected chi connectivity index (χ2v) is 10.2. The van der Waals surface area contributed by atoms with Gasteiger partial charge in [0.1, 0.15) is 0 Å². The van der Waals surface area contributed by atoms with Gasteiger partial charge in [-0.25, -0.2) is 9.13 Å². The third-order valence-corrected chi connectivity index (χ3v) is 7.61. The molecule has 0 N–H and O–H groups in total. The smallest absolute Gasteiger partial charge is 0.173 e. The summed E-state index contributed by atoms with van der Waals surface area (Å²) < 4.78 is 4.55. The van der Waals surface area contributed by atoms with Gasteiger partial charge < -0.3 is 43.8 Å². The van der Waals surface area contributed by atoms with E-state index in [0.717, 1.165) is 13.1 Å². The zero-order valence-corrected chi connectivity index (χ0v) is 25.0. The molecule has 0 aliphatic carbocycles. The van der Waals surface area contributed by atoms with E-state index in [9.17, 15) is 0 Å². The van der Waals surface area contributed by atoms with Gasteiger partial charge in [0.25, 0.3) is 0 Å². The predicted molar refractivity (Wildman–Crippen MR) is 146 cm³/mol. The van der Waals surface area contributed by atoms with Gasteiger partial charge in [0.05, 0.1) is 0 Å². The van der Waals surface area contributed by atoms with Crippen LogP contribution in [0.4, 0.5) is 11.4 Å². The van der Waals surface area contributed by atoms with Crippen molar-refractivity contribution in [2.75, 3.05) is 36.0 Å². The van der Waals surface area contributed by atoms with E-state index in [4.69, 9.17) is 0 Å². The standard InChI is InChI=1S/C32H36N4.2BrH/c1-2-16-35(15-1)31-11-19-33(20-12-31)25-27-7-5-9-29(23-27)30-10-6-8-28(24-30)26-34-21-13-32(14-22-34)36-17-3-4-18-36;;/h5-14,19-24H,1-4,15-18,25-26H2;2*1H/q+2;;/p-2. The molecule has 0 radical (unpaired) electrons. The number of halogens is 2. The zero-order chi connectivity index (χ0) is 24.2. The first-order valence-electron chi connectivity index (χ1n) is 13.5. The van der Waals surface area contributed by atoms with Crippen molar-refractivity contribution >= 4 is 11.4 Å². The summed E-state index contributed by atoms with van der Waals surface area (Å²) in [6.07, 6.45) is 14.1. The normalized spacial score (nSPS) is 14.7. The molecule has 2 saturated heterocycles. The third kappa shape index (κ3) is 6.83. The lowest BCUT2D eigenvalue weighted by atomic mass is 10.0. The number of benzene rings is 2. The molecule has 4 aromatic rings. The topological polar surface area (TPSA) is 14.2 Å². The molecule has 0 amide bonds. The summed E-state index contributed by atoms with van der Waals surface area (Å²) in [7, 11) is 0. The zero-order valence-electron chi connectivity index (χ0n) is 21.9. The Bertz CT molecular complexity index is 1190. The Morgan fingerprint density at radius 1 is 0.500 bits per heavy atom. The molecule has 0 spiro atoms. The Hall–Kier alpha value is -2.70. The van der Waals surface area contributed by atoms with Gasteiger partial charge in [0, 0.05) is 72.9 Å². The molecule has 0 saturated carbocycles. The van der Waals surface area contributed by atoms with Crippen molar-refractivity contribution in [1.29, 1.82) is 0 Å². The number of aromatic nitrogens is 2. The van der Waals surface area contributed by atoms with Crippen LogP contribution in [-0.2, 0) is 13.1 Å². The van der Waals surface area contributed by atoms with E-state index in [1.54, 1.807) is 0 Å². The maximum atomic E-state index is 2.48. The highest BCUT2D eigenvalue weighted by molar-refractivity contribution is 5.64. The summed E-state index contributed by atoms with van der Waals surface area (Å²) in [6, 6.07) is 27.0. The lowest BCUT2D eigenvalue weighted by molar-refractivity contribution is -0.688. The maximum Gasteiger partial charge on any atom is 0.173 e. The molecule has 6 heteroatoms. The van der Waals surface area contributed by atoms with Crippen LogP contribution < -0.4 is 52.9 Å². The summed E-state index contributed by atoms with van der Waals surface area (Å²) >= 11 is 0. The Morgan fingerprint density at radius 2 is 0.868 bits per heavy atom. The van der Waals surface area contributed by atoms with Gasteiger partial charge >= 0.3 is 0 Å². The summed E-state index contributed by atoms with van der Waals surface area (Å²) in [5.41, 5.74) is 7.89. The summed E-state index contributed by atoms with van der Waals surface area (Å²) in [6.45, 7) is 6.52. The number of rotatable bonds is 7. The van der Waals surface area contributed by atoms with Crippen molar-refractivity contribution in [2.24, 2.45) is 0 Å². The molecule has 4 heterocycles. The fourth-order valence-electron chi connectivity index (χ4n) is 5.60.